The molecule has 1 N–H and O–H groups in total. The fraction of sp³-hybridized carbons (Fsp3) is 0.360. The molecule has 2 aliphatic rings. The van der Waals surface area contributed by atoms with Crippen LogP contribution in [-0.2, 0) is 0 Å². The Morgan fingerprint density at radius 2 is 1.66 bits per heavy atom. The Morgan fingerprint density at radius 1 is 1.00 bits per heavy atom. The highest BCUT2D eigenvalue weighted by Crippen LogP contribution is 2.44. The van der Waals surface area contributed by atoms with Crippen LogP contribution in [0.25, 0.3) is 0 Å². The Balaban J connectivity index is 1.37. The molecule has 1 aromatic heterocycles. The van der Waals surface area contributed by atoms with Crippen LogP contribution in [0.4, 0.5) is 29.1 Å². The zero-order chi connectivity index (χ0) is 24.7. The lowest BCUT2D eigenvalue weighted by Crippen LogP contribution is -2.49. The number of rotatable bonds is 3. The van der Waals surface area contributed by atoms with E-state index in [4.69, 9.17) is 0 Å². The molecule has 2 aliphatic heterocycles. The molecule has 1 saturated heterocycles. The van der Waals surface area contributed by atoms with Gasteiger partial charge in [0.05, 0.1) is 12.2 Å². The first-order valence-corrected chi connectivity index (χ1v) is 11.5. The highest BCUT2D eigenvalue weighted by Gasteiger charge is 2.47. The summed E-state index contributed by atoms with van der Waals surface area (Å²) in [5, 5.41) is 7.12. The highest BCUT2D eigenvalue weighted by atomic mass is 19.4. The molecule has 10 heteroatoms. The van der Waals surface area contributed by atoms with Gasteiger partial charge >= 0.3 is 6.18 Å². The molecule has 3 heterocycles. The molecule has 184 valence electrons. The number of alkyl halides is 3. The number of aryl methyl sites for hydroxylation is 1. The Hall–Kier alpha value is -3.56. The summed E-state index contributed by atoms with van der Waals surface area (Å²) in [7, 11) is 0. The highest BCUT2D eigenvalue weighted by molar-refractivity contribution is 5.99. The van der Waals surface area contributed by atoms with Gasteiger partial charge in [-0.15, -0.1) is 0 Å². The van der Waals surface area contributed by atoms with Crippen molar-refractivity contribution >= 4 is 17.4 Å². The number of piperazine rings is 1. The van der Waals surface area contributed by atoms with Crippen LogP contribution in [0.1, 0.15) is 40.0 Å². The molecule has 0 radical (unpaired) electrons. The van der Waals surface area contributed by atoms with Crippen LogP contribution in [-0.4, -0.2) is 52.9 Å². The zero-order valence-electron chi connectivity index (χ0n) is 19.1. The Labute approximate surface area is 200 Å². The van der Waals surface area contributed by atoms with Gasteiger partial charge in [0.1, 0.15) is 17.2 Å². The SMILES string of the molecule is Cc1ccc([C@H]2C[C@H](C(F)(F)F)n3ncc(C(=O)N4CCN(c5ccc(F)cc5)CC4)c3N2)cc1. The predicted molar refractivity (Wildman–Crippen MR) is 124 cm³/mol. The van der Waals surface area contributed by atoms with Gasteiger partial charge in [-0.25, -0.2) is 9.07 Å². The van der Waals surface area contributed by atoms with Crippen molar-refractivity contribution in [3.8, 4) is 0 Å². The molecule has 0 aliphatic carbocycles. The number of anilines is 2. The molecule has 0 bridgehead atoms. The van der Waals surface area contributed by atoms with E-state index in [9.17, 15) is 22.4 Å². The van der Waals surface area contributed by atoms with Crippen LogP contribution in [0.15, 0.2) is 54.7 Å². The van der Waals surface area contributed by atoms with Gasteiger partial charge in [-0.3, -0.25) is 4.79 Å². The average Bonchev–Trinajstić information content (AvgIpc) is 3.27. The second-order valence-corrected chi connectivity index (χ2v) is 9.01. The first-order chi connectivity index (χ1) is 16.7. The van der Waals surface area contributed by atoms with Crippen LogP contribution >= 0.6 is 0 Å². The third-order valence-corrected chi connectivity index (χ3v) is 6.71. The summed E-state index contributed by atoms with van der Waals surface area (Å²) >= 11 is 0. The van der Waals surface area contributed by atoms with Gasteiger partial charge in [0.25, 0.3) is 5.91 Å². The third-order valence-electron chi connectivity index (χ3n) is 6.71. The van der Waals surface area contributed by atoms with E-state index >= 15 is 0 Å². The van der Waals surface area contributed by atoms with Crippen LogP contribution < -0.4 is 10.2 Å². The van der Waals surface area contributed by atoms with Gasteiger partial charge in [0.2, 0.25) is 0 Å². The lowest BCUT2D eigenvalue weighted by atomic mass is 9.96. The number of aromatic nitrogens is 2. The number of hydrogen-bond acceptors (Lipinski definition) is 4. The maximum Gasteiger partial charge on any atom is 0.410 e. The van der Waals surface area contributed by atoms with Crippen molar-refractivity contribution in [2.24, 2.45) is 0 Å². The fourth-order valence-electron chi connectivity index (χ4n) is 4.73. The number of hydrogen-bond donors (Lipinski definition) is 1. The van der Waals surface area contributed by atoms with Crippen molar-refractivity contribution in [2.45, 2.75) is 31.6 Å². The van der Waals surface area contributed by atoms with E-state index in [-0.39, 0.29) is 29.5 Å². The third kappa shape index (κ3) is 4.56. The molecule has 35 heavy (non-hydrogen) atoms. The van der Waals surface area contributed by atoms with E-state index in [0.717, 1.165) is 21.5 Å². The maximum absolute atomic E-state index is 14.0. The topological polar surface area (TPSA) is 53.4 Å². The Kier molecular flexibility index (Phi) is 5.90. The monoisotopic (exact) mass is 487 g/mol. The lowest BCUT2D eigenvalue weighted by Gasteiger charge is -2.37. The molecule has 0 unspecified atom stereocenters. The Bertz CT molecular complexity index is 1200. The van der Waals surface area contributed by atoms with E-state index in [1.165, 1.54) is 18.3 Å². The summed E-state index contributed by atoms with van der Waals surface area (Å²) in [6.45, 7) is 3.77. The molecule has 0 saturated carbocycles. The molecule has 2 aromatic carbocycles. The second-order valence-electron chi connectivity index (χ2n) is 9.01. The van der Waals surface area contributed by atoms with Crippen LogP contribution in [0.2, 0.25) is 0 Å². The first-order valence-electron chi connectivity index (χ1n) is 11.5. The normalized spacial score (nSPS) is 20.4. The number of nitrogens with one attached hydrogen (secondary N) is 1. The van der Waals surface area contributed by atoms with Crippen LogP contribution in [0.5, 0.6) is 0 Å². The van der Waals surface area contributed by atoms with E-state index in [2.05, 4.69) is 10.4 Å². The quantitative estimate of drug-likeness (QED) is 0.531. The number of amides is 1. The summed E-state index contributed by atoms with van der Waals surface area (Å²) < 4.78 is 56.0. The molecule has 0 spiro atoms. The molecule has 3 aromatic rings. The molecule has 1 amide bonds. The number of fused-ring (bicyclic) bond motifs is 1. The van der Waals surface area contributed by atoms with Gasteiger partial charge in [-0.2, -0.15) is 18.3 Å². The van der Waals surface area contributed by atoms with Crippen LogP contribution in [0, 0.1) is 12.7 Å². The van der Waals surface area contributed by atoms with Gasteiger partial charge < -0.3 is 15.1 Å². The van der Waals surface area contributed by atoms with E-state index in [0.29, 0.717) is 26.2 Å². The van der Waals surface area contributed by atoms with Crippen molar-refractivity contribution in [1.29, 1.82) is 0 Å². The summed E-state index contributed by atoms with van der Waals surface area (Å²) in [5.41, 5.74) is 2.73. The molecule has 1 fully saturated rings. The number of nitrogens with zero attached hydrogens (tertiary/aromatic N) is 4. The second kappa shape index (κ2) is 8.90. The van der Waals surface area contributed by atoms with Crippen molar-refractivity contribution < 1.29 is 22.4 Å². The number of carbonyl (C=O) groups is 1. The number of carbonyl (C=O) groups excluding carboxylic acids is 1. The minimum atomic E-state index is -4.51. The predicted octanol–water partition coefficient (Wildman–Crippen LogP) is 4.95. The smallest absolute Gasteiger partial charge is 0.368 e. The Morgan fingerprint density at radius 3 is 2.29 bits per heavy atom. The summed E-state index contributed by atoms with van der Waals surface area (Å²) in [4.78, 5) is 17.0. The molecule has 2 atom stereocenters. The molecular formula is C25H25F4N5O. The standard InChI is InChI=1S/C25H25F4N5O/c1-16-2-4-17(5-3-16)21-14-22(25(27,28)29)34-23(31-21)20(15-30-34)24(35)33-12-10-32(11-13-33)19-8-6-18(26)7-9-19/h2-9,15,21-22,31H,10-14H2,1H3/t21-,22-/m1/s1. The molecule has 5 rings (SSSR count). The van der Waals surface area contributed by atoms with Gasteiger partial charge in [0, 0.05) is 38.3 Å². The minimum absolute atomic E-state index is 0.0927. The lowest BCUT2D eigenvalue weighted by molar-refractivity contribution is -0.173. The van der Waals surface area contributed by atoms with Gasteiger partial charge in [-0.1, -0.05) is 29.8 Å². The van der Waals surface area contributed by atoms with Crippen molar-refractivity contribution in [3.05, 3.63) is 77.2 Å². The number of halogens is 4. The maximum atomic E-state index is 14.0. The fourth-order valence-corrected chi connectivity index (χ4v) is 4.73. The van der Waals surface area contributed by atoms with E-state index < -0.39 is 18.3 Å². The van der Waals surface area contributed by atoms with Gasteiger partial charge in [0.15, 0.2) is 6.04 Å². The van der Waals surface area contributed by atoms with Crippen molar-refractivity contribution in [3.63, 3.8) is 0 Å². The van der Waals surface area contributed by atoms with Crippen molar-refractivity contribution in [1.82, 2.24) is 14.7 Å². The van der Waals surface area contributed by atoms with E-state index in [1.807, 2.05) is 36.1 Å². The van der Waals surface area contributed by atoms with Crippen LogP contribution in [0.3, 0.4) is 0 Å². The zero-order valence-corrected chi connectivity index (χ0v) is 19.1. The van der Waals surface area contributed by atoms with Gasteiger partial charge in [-0.05, 0) is 36.8 Å². The first kappa shape index (κ1) is 23.2. The minimum Gasteiger partial charge on any atom is -0.368 e. The largest absolute Gasteiger partial charge is 0.410 e. The average molecular weight is 488 g/mol. The summed E-state index contributed by atoms with van der Waals surface area (Å²) in [6.07, 6.45) is -3.49. The summed E-state index contributed by atoms with van der Waals surface area (Å²) in [6, 6.07) is 11.1. The van der Waals surface area contributed by atoms with Crippen molar-refractivity contribution in [2.75, 3.05) is 36.4 Å². The van der Waals surface area contributed by atoms with E-state index in [1.54, 1.807) is 17.0 Å². The summed E-state index contributed by atoms with van der Waals surface area (Å²) in [5.74, 6) is -0.583. The number of benzene rings is 2. The molecular weight excluding hydrogens is 462 g/mol. The molecule has 6 nitrogen and oxygen atoms in total.